The number of benzene rings is 1. The number of carbonyl (C=O) groups excluding carboxylic acids is 1. The number of hydrogen-bond acceptors (Lipinski definition) is 5. The summed E-state index contributed by atoms with van der Waals surface area (Å²) in [7, 11) is 1.55. The lowest BCUT2D eigenvalue weighted by Crippen LogP contribution is -2.02. The maximum absolute atomic E-state index is 11.5. The molecule has 0 unspecified atom stereocenters. The van der Waals surface area contributed by atoms with Crippen molar-refractivity contribution in [2.24, 2.45) is 0 Å². The summed E-state index contributed by atoms with van der Waals surface area (Å²) in [5.74, 6) is 0.795. The highest BCUT2D eigenvalue weighted by molar-refractivity contribution is 5.87. The predicted octanol–water partition coefficient (Wildman–Crippen LogP) is 2.71. The molecular formula is C14H15NO4. The highest BCUT2D eigenvalue weighted by Gasteiger charge is 2.15. The van der Waals surface area contributed by atoms with Crippen molar-refractivity contribution in [1.82, 2.24) is 0 Å². The number of anilines is 1. The van der Waals surface area contributed by atoms with Crippen LogP contribution in [0.2, 0.25) is 0 Å². The van der Waals surface area contributed by atoms with Crippen molar-refractivity contribution in [1.29, 1.82) is 0 Å². The van der Waals surface area contributed by atoms with Gasteiger partial charge in [-0.2, -0.15) is 0 Å². The van der Waals surface area contributed by atoms with E-state index in [1.54, 1.807) is 44.4 Å². The molecule has 0 aliphatic rings. The molecule has 1 aromatic carbocycles. The van der Waals surface area contributed by atoms with Gasteiger partial charge in [-0.25, -0.2) is 4.79 Å². The van der Waals surface area contributed by atoms with Gasteiger partial charge in [-0.05, 0) is 31.2 Å². The lowest BCUT2D eigenvalue weighted by atomic mass is 10.1. The van der Waals surface area contributed by atoms with E-state index in [1.165, 1.54) is 0 Å². The van der Waals surface area contributed by atoms with Crippen molar-refractivity contribution < 1.29 is 18.7 Å². The molecule has 0 aliphatic heterocycles. The highest BCUT2D eigenvalue weighted by atomic mass is 16.5. The minimum absolute atomic E-state index is 0.163. The van der Waals surface area contributed by atoms with Crippen molar-refractivity contribution in [3.63, 3.8) is 0 Å². The Morgan fingerprint density at radius 1 is 1.32 bits per heavy atom. The van der Waals surface area contributed by atoms with Gasteiger partial charge in [-0.3, -0.25) is 0 Å². The number of nitrogen functional groups attached to an aromatic ring is 1. The number of rotatable bonds is 4. The smallest absolute Gasteiger partial charge is 0.374 e. The normalized spacial score (nSPS) is 10.2. The fraction of sp³-hybridized carbons (Fsp3) is 0.214. The van der Waals surface area contributed by atoms with E-state index in [9.17, 15) is 4.79 Å². The van der Waals surface area contributed by atoms with Crippen LogP contribution in [0.25, 0.3) is 11.3 Å². The summed E-state index contributed by atoms with van der Waals surface area (Å²) in [5.41, 5.74) is 7.01. The molecule has 0 spiro atoms. The van der Waals surface area contributed by atoms with Gasteiger partial charge in [0.2, 0.25) is 5.76 Å². The zero-order valence-corrected chi connectivity index (χ0v) is 10.8. The number of nitrogens with two attached hydrogens (primary N) is 1. The summed E-state index contributed by atoms with van der Waals surface area (Å²) in [4.78, 5) is 11.5. The van der Waals surface area contributed by atoms with Crippen LogP contribution in [0.1, 0.15) is 17.5 Å². The SMILES string of the molecule is CCOC(=O)c1ccc(-c2ccc(N)cc2OC)o1. The Hall–Kier alpha value is -2.43. The summed E-state index contributed by atoms with van der Waals surface area (Å²) in [6.07, 6.45) is 0. The Labute approximate surface area is 110 Å². The van der Waals surface area contributed by atoms with E-state index in [0.29, 0.717) is 23.8 Å². The Balaban J connectivity index is 2.35. The summed E-state index contributed by atoms with van der Waals surface area (Å²) >= 11 is 0. The van der Waals surface area contributed by atoms with Crippen molar-refractivity contribution in [2.75, 3.05) is 19.5 Å². The van der Waals surface area contributed by atoms with Gasteiger partial charge in [0.05, 0.1) is 19.3 Å². The summed E-state index contributed by atoms with van der Waals surface area (Å²) in [6.45, 7) is 2.05. The third kappa shape index (κ3) is 2.70. The molecule has 0 fully saturated rings. The van der Waals surface area contributed by atoms with Gasteiger partial charge in [0.25, 0.3) is 0 Å². The first-order chi connectivity index (χ1) is 9.15. The third-order valence-corrected chi connectivity index (χ3v) is 2.57. The quantitative estimate of drug-likeness (QED) is 0.676. The third-order valence-electron chi connectivity index (χ3n) is 2.57. The number of methoxy groups -OCH3 is 1. The first-order valence-electron chi connectivity index (χ1n) is 5.86. The second-order valence-corrected chi connectivity index (χ2v) is 3.84. The fourth-order valence-corrected chi connectivity index (χ4v) is 1.71. The van der Waals surface area contributed by atoms with Gasteiger partial charge in [0, 0.05) is 11.8 Å². The first-order valence-corrected chi connectivity index (χ1v) is 5.86. The Bertz CT molecular complexity index is 589. The molecule has 1 aromatic heterocycles. The first kappa shape index (κ1) is 13.0. The largest absolute Gasteiger partial charge is 0.496 e. The van der Waals surface area contributed by atoms with E-state index in [-0.39, 0.29) is 5.76 Å². The second-order valence-electron chi connectivity index (χ2n) is 3.84. The maximum Gasteiger partial charge on any atom is 0.374 e. The Morgan fingerprint density at radius 3 is 2.79 bits per heavy atom. The van der Waals surface area contributed by atoms with E-state index in [0.717, 1.165) is 5.56 Å². The van der Waals surface area contributed by atoms with Crippen LogP contribution in [-0.4, -0.2) is 19.7 Å². The average molecular weight is 261 g/mol. The van der Waals surface area contributed by atoms with E-state index < -0.39 is 5.97 Å². The van der Waals surface area contributed by atoms with Gasteiger partial charge in [0.1, 0.15) is 11.5 Å². The number of ether oxygens (including phenoxy) is 2. The van der Waals surface area contributed by atoms with E-state index in [1.807, 2.05) is 0 Å². The number of hydrogen-bond donors (Lipinski definition) is 1. The highest BCUT2D eigenvalue weighted by Crippen LogP contribution is 2.32. The Morgan fingerprint density at radius 2 is 2.11 bits per heavy atom. The molecule has 100 valence electrons. The standard InChI is InChI=1S/C14H15NO4/c1-3-18-14(16)12-7-6-11(19-12)10-5-4-9(15)8-13(10)17-2/h4-8H,3,15H2,1-2H3. The molecule has 0 saturated heterocycles. The molecule has 19 heavy (non-hydrogen) atoms. The summed E-state index contributed by atoms with van der Waals surface area (Å²) < 4.78 is 15.6. The molecule has 2 rings (SSSR count). The Kier molecular flexibility index (Phi) is 3.75. The molecule has 2 N–H and O–H groups in total. The molecule has 2 aromatic rings. The minimum atomic E-state index is -0.483. The van der Waals surface area contributed by atoms with Crippen LogP contribution in [0, 0.1) is 0 Å². The summed E-state index contributed by atoms with van der Waals surface area (Å²) in [5, 5.41) is 0. The number of furan rings is 1. The van der Waals surface area contributed by atoms with Crippen molar-refractivity contribution in [2.45, 2.75) is 6.92 Å². The van der Waals surface area contributed by atoms with E-state index >= 15 is 0 Å². The lowest BCUT2D eigenvalue weighted by Gasteiger charge is -2.06. The molecule has 0 atom stereocenters. The molecule has 0 bridgehead atoms. The topological polar surface area (TPSA) is 74.7 Å². The second kappa shape index (κ2) is 5.48. The zero-order chi connectivity index (χ0) is 13.8. The van der Waals surface area contributed by atoms with Crippen LogP contribution in [0.5, 0.6) is 5.75 Å². The van der Waals surface area contributed by atoms with Gasteiger partial charge in [-0.15, -0.1) is 0 Å². The van der Waals surface area contributed by atoms with Crippen molar-refractivity contribution in [3.8, 4) is 17.1 Å². The van der Waals surface area contributed by atoms with Crippen LogP contribution in [0.15, 0.2) is 34.7 Å². The molecular weight excluding hydrogens is 246 g/mol. The van der Waals surface area contributed by atoms with Crippen molar-refractivity contribution >= 4 is 11.7 Å². The maximum atomic E-state index is 11.5. The molecule has 0 radical (unpaired) electrons. The fourth-order valence-electron chi connectivity index (χ4n) is 1.71. The van der Waals surface area contributed by atoms with Crippen LogP contribution in [0.4, 0.5) is 5.69 Å². The number of carbonyl (C=O) groups is 1. The van der Waals surface area contributed by atoms with Gasteiger partial charge >= 0.3 is 5.97 Å². The van der Waals surface area contributed by atoms with Crippen LogP contribution in [0.3, 0.4) is 0 Å². The molecule has 1 heterocycles. The van der Waals surface area contributed by atoms with Crippen LogP contribution in [-0.2, 0) is 4.74 Å². The molecule has 0 saturated carbocycles. The molecule has 0 aliphatic carbocycles. The van der Waals surface area contributed by atoms with Gasteiger partial charge in [-0.1, -0.05) is 0 Å². The number of esters is 1. The minimum Gasteiger partial charge on any atom is -0.496 e. The van der Waals surface area contributed by atoms with E-state index in [4.69, 9.17) is 19.6 Å². The summed E-state index contributed by atoms with van der Waals surface area (Å²) in [6, 6.07) is 8.48. The molecule has 5 nitrogen and oxygen atoms in total. The van der Waals surface area contributed by atoms with Crippen LogP contribution < -0.4 is 10.5 Å². The zero-order valence-electron chi connectivity index (χ0n) is 10.8. The van der Waals surface area contributed by atoms with Crippen LogP contribution >= 0.6 is 0 Å². The molecule has 5 heteroatoms. The predicted molar refractivity (Wildman–Crippen MR) is 71.1 cm³/mol. The monoisotopic (exact) mass is 261 g/mol. The molecule has 0 amide bonds. The van der Waals surface area contributed by atoms with Gasteiger partial charge < -0.3 is 19.6 Å². The van der Waals surface area contributed by atoms with Gasteiger partial charge in [0.15, 0.2) is 0 Å². The van der Waals surface area contributed by atoms with Crippen molar-refractivity contribution in [3.05, 3.63) is 36.1 Å². The van der Waals surface area contributed by atoms with E-state index in [2.05, 4.69) is 0 Å². The lowest BCUT2D eigenvalue weighted by molar-refractivity contribution is 0.0491. The average Bonchev–Trinajstić information content (AvgIpc) is 2.88.